The van der Waals surface area contributed by atoms with E-state index >= 15 is 0 Å². The van der Waals surface area contributed by atoms with E-state index in [1.165, 1.54) is 6.33 Å². The fourth-order valence-corrected chi connectivity index (χ4v) is 3.23. The summed E-state index contributed by atoms with van der Waals surface area (Å²) >= 11 is 12.0. The molecule has 0 aliphatic rings. The molecule has 10 heteroatoms. The summed E-state index contributed by atoms with van der Waals surface area (Å²) in [5.41, 5.74) is 2.63. The third-order valence-corrected chi connectivity index (χ3v) is 4.55. The van der Waals surface area contributed by atoms with Gasteiger partial charge in [-0.3, -0.25) is 0 Å². The van der Waals surface area contributed by atoms with Gasteiger partial charge in [0.2, 0.25) is 0 Å². The Hall–Kier alpha value is -1.88. The van der Waals surface area contributed by atoms with Gasteiger partial charge in [-0.1, -0.05) is 35.3 Å². The van der Waals surface area contributed by atoms with Crippen molar-refractivity contribution in [3.05, 3.63) is 76.3 Å². The molecular weight excluding hydrogens is 538 g/mol. The number of aliphatic hydroxyl groups excluding tert-OH is 1. The first-order chi connectivity index (χ1) is 14.0. The van der Waals surface area contributed by atoms with Crippen LogP contribution in [0.15, 0.2) is 60.1 Å². The number of hydrogen-bond acceptors (Lipinski definition) is 4. The zero-order valence-corrected chi connectivity index (χ0v) is 20.1. The molecule has 0 aliphatic heterocycles. The van der Waals surface area contributed by atoms with E-state index in [-0.39, 0.29) is 30.5 Å². The summed E-state index contributed by atoms with van der Waals surface area (Å²) in [7, 11) is 0. The monoisotopic (exact) mass is 560 g/mol. The maximum Gasteiger partial charge on any atom is 0.191 e. The number of benzene rings is 2. The van der Waals surface area contributed by atoms with Crippen molar-refractivity contribution < 1.29 is 5.11 Å². The van der Waals surface area contributed by atoms with Crippen LogP contribution >= 0.6 is 47.2 Å². The fourth-order valence-electron chi connectivity index (χ4n) is 2.69. The van der Waals surface area contributed by atoms with Gasteiger partial charge in [-0.15, -0.1) is 24.0 Å². The molecule has 0 aliphatic carbocycles. The second-order valence-corrected chi connectivity index (χ2v) is 7.17. The van der Waals surface area contributed by atoms with Crippen molar-refractivity contribution in [3.63, 3.8) is 0 Å². The topological polar surface area (TPSA) is 87.4 Å². The molecule has 1 aromatic heterocycles. The Kier molecular flexibility index (Phi) is 9.83. The molecule has 160 valence electrons. The number of hydrogen-bond donors (Lipinski definition) is 3. The van der Waals surface area contributed by atoms with E-state index in [1.807, 2.05) is 31.2 Å². The minimum atomic E-state index is -0.767. The maximum absolute atomic E-state index is 10.4. The third-order valence-electron chi connectivity index (χ3n) is 4.12. The molecule has 0 saturated heterocycles. The van der Waals surface area contributed by atoms with Crippen LogP contribution in [0.5, 0.6) is 0 Å². The number of aromatic nitrogens is 3. The lowest BCUT2D eigenvalue weighted by Crippen LogP contribution is -2.39. The minimum absolute atomic E-state index is 0. The molecule has 0 bridgehead atoms. The Morgan fingerprint density at radius 2 is 1.83 bits per heavy atom. The number of aliphatic hydroxyl groups is 1. The van der Waals surface area contributed by atoms with Gasteiger partial charge in [0.15, 0.2) is 5.96 Å². The zero-order valence-electron chi connectivity index (χ0n) is 16.3. The van der Waals surface area contributed by atoms with E-state index in [9.17, 15) is 5.11 Å². The summed E-state index contributed by atoms with van der Waals surface area (Å²) in [5, 5.41) is 21.8. The van der Waals surface area contributed by atoms with Gasteiger partial charge in [-0.25, -0.2) is 14.7 Å². The molecule has 3 aromatic rings. The van der Waals surface area contributed by atoms with E-state index in [0.717, 1.165) is 11.3 Å². The third kappa shape index (κ3) is 7.12. The average Bonchev–Trinajstić information content (AvgIpc) is 3.24. The summed E-state index contributed by atoms with van der Waals surface area (Å²) in [5.74, 6) is 0.611. The van der Waals surface area contributed by atoms with Crippen molar-refractivity contribution >= 4 is 53.1 Å². The Balaban J connectivity index is 0.00000320. The first kappa shape index (κ1) is 24.4. The van der Waals surface area contributed by atoms with E-state index in [4.69, 9.17) is 23.2 Å². The molecule has 1 atom stereocenters. The van der Waals surface area contributed by atoms with Crippen molar-refractivity contribution in [3.8, 4) is 5.69 Å². The van der Waals surface area contributed by atoms with Crippen LogP contribution < -0.4 is 10.6 Å². The highest BCUT2D eigenvalue weighted by Gasteiger charge is 2.10. The highest BCUT2D eigenvalue weighted by atomic mass is 127. The second kappa shape index (κ2) is 12.1. The van der Waals surface area contributed by atoms with Crippen LogP contribution in [0.25, 0.3) is 5.69 Å². The second-order valence-electron chi connectivity index (χ2n) is 6.30. The Morgan fingerprint density at radius 3 is 2.43 bits per heavy atom. The fraction of sp³-hybridized carbons (Fsp3) is 0.250. The quantitative estimate of drug-likeness (QED) is 0.231. The molecule has 1 unspecified atom stereocenters. The predicted octanol–water partition coefficient (Wildman–Crippen LogP) is 3.98. The van der Waals surface area contributed by atoms with Gasteiger partial charge < -0.3 is 15.7 Å². The van der Waals surface area contributed by atoms with E-state index in [2.05, 4.69) is 25.7 Å². The van der Waals surface area contributed by atoms with Crippen LogP contribution in [0.1, 0.15) is 24.2 Å². The van der Waals surface area contributed by atoms with Gasteiger partial charge in [0.05, 0.1) is 18.3 Å². The number of rotatable bonds is 7. The van der Waals surface area contributed by atoms with Gasteiger partial charge in [-0.05, 0) is 48.4 Å². The zero-order chi connectivity index (χ0) is 20.6. The molecule has 7 nitrogen and oxygen atoms in total. The van der Waals surface area contributed by atoms with Crippen LogP contribution in [-0.2, 0) is 6.54 Å². The number of aliphatic imine (C=N–C) groups is 1. The molecule has 0 spiro atoms. The van der Waals surface area contributed by atoms with Crippen LogP contribution in [0, 0.1) is 0 Å². The van der Waals surface area contributed by atoms with Crippen molar-refractivity contribution in [1.29, 1.82) is 0 Å². The normalized spacial score (nSPS) is 12.2. The number of nitrogens with one attached hydrogen (secondary N) is 2. The SMILES string of the molecule is CCNC(=NCc1ccc(-n2cncn2)cc1)NCC(O)c1cc(Cl)cc(Cl)c1.I. The Labute approximate surface area is 202 Å². The van der Waals surface area contributed by atoms with Crippen LogP contribution in [0.4, 0.5) is 0 Å². The molecule has 0 fully saturated rings. The van der Waals surface area contributed by atoms with Gasteiger partial charge in [0.1, 0.15) is 12.7 Å². The summed E-state index contributed by atoms with van der Waals surface area (Å²) in [6, 6.07) is 12.9. The Morgan fingerprint density at radius 1 is 1.13 bits per heavy atom. The predicted molar refractivity (Wildman–Crippen MR) is 131 cm³/mol. The lowest BCUT2D eigenvalue weighted by atomic mass is 10.1. The number of halogens is 3. The largest absolute Gasteiger partial charge is 0.387 e. The first-order valence-electron chi connectivity index (χ1n) is 9.15. The van der Waals surface area contributed by atoms with Crippen LogP contribution in [0.3, 0.4) is 0 Å². The highest BCUT2D eigenvalue weighted by molar-refractivity contribution is 14.0. The van der Waals surface area contributed by atoms with E-state index < -0.39 is 6.10 Å². The Bertz CT molecular complexity index is 930. The van der Waals surface area contributed by atoms with Crippen molar-refractivity contribution in [2.24, 2.45) is 4.99 Å². The highest BCUT2D eigenvalue weighted by Crippen LogP contribution is 2.23. The number of guanidine groups is 1. The summed E-state index contributed by atoms with van der Waals surface area (Å²) in [6.07, 6.45) is 2.38. The van der Waals surface area contributed by atoms with E-state index in [0.29, 0.717) is 34.7 Å². The molecule has 0 amide bonds. The standard InChI is InChI=1S/C20H22Cl2N6O.HI/c1-2-24-20(26-11-19(29)15-7-16(21)9-17(22)8-15)25-10-14-3-5-18(6-4-14)28-13-23-12-27-28;/h3-9,12-13,19,29H,2,10-11H2,1H3,(H2,24,25,26);1H. The molecule has 2 aromatic carbocycles. The van der Waals surface area contributed by atoms with Crippen LogP contribution in [-0.4, -0.2) is 38.9 Å². The van der Waals surface area contributed by atoms with Gasteiger partial charge in [0, 0.05) is 23.1 Å². The first-order valence-corrected chi connectivity index (χ1v) is 9.91. The van der Waals surface area contributed by atoms with E-state index in [1.54, 1.807) is 29.2 Å². The summed E-state index contributed by atoms with van der Waals surface area (Å²) < 4.78 is 1.70. The van der Waals surface area contributed by atoms with Gasteiger partial charge >= 0.3 is 0 Å². The smallest absolute Gasteiger partial charge is 0.191 e. The molecule has 1 heterocycles. The lowest BCUT2D eigenvalue weighted by molar-refractivity contribution is 0.181. The maximum atomic E-state index is 10.4. The molecular formula is C20H23Cl2IN6O. The van der Waals surface area contributed by atoms with Crippen molar-refractivity contribution in [2.75, 3.05) is 13.1 Å². The number of nitrogens with zero attached hydrogens (tertiary/aromatic N) is 4. The summed E-state index contributed by atoms with van der Waals surface area (Å²) in [4.78, 5) is 8.52. The van der Waals surface area contributed by atoms with Crippen molar-refractivity contribution in [2.45, 2.75) is 19.6 Å². The molecule has 3 rings (SSSR count). The summed E-state index contributed by atoms with van der Waals surface area (Å²) in [6.45, 7) is 3.45. The molecule has 30 heavy (non-hydrogen) atoms. The van der Waals surface area contributed by atoms with Gasteiger partial charge in [0.25, 0.3) is 0 Å². The molecule has 0 saturated carbocycles. The minimum Gasteiger partial charge on any atom is -0.387 e. The molecule has 0 radical (unpaired) electrons. The van der Waals surface area contributed by atoms with Gasteiger partial charge in [-0.2, -0.15) is 5.10 Å². The molecule has 3 N–H and O–H groups in total. The van der Waals surface area contributed by atoms with Crippen molar-refractivity contribution in [1.82, 2.24) is 25.4 Å². The lowest BCUT2D eigenvalue weighted by Gasteiger charge is -2.16. The van der Waals surface area contributed by atoms with Crippen LogP contribution in [0.2, 0.25) is 10.0 Å². The average molecular weight is 561 g/mol.